The van der Waals surface area contributed by atoms with E-state index in [1.807, 2.05) is 42.6 Å². The van der Waals surface area contributed by atoms with Gasteiger partial charge in [-0.05, 0) is 23.6 Å². The highest BCUT2D eigenvalue weighted by Crippen LogP contribution is 2.34. The molecule has 1 aliphatic heterocycles. The van der Waals surface area contributed by atoms with Gasteiger partial charge in [0.2, 0.25) is 5.95 Å². The van der Waals surface area contributed by atoms with E-state index in [4.69, 9.17) is 5.84 Å². The van der Waals surface area contributed by atoms with Gasteiger partial charge in [0, 0.05) is 24.0 Å². The number of para-hydroxylation sites is 1. The van der Waals surface area contributed by atoms with Crippen LogP contribution in [0.25, 0.3) is 11.1 Å². The van der Waals surface area contributed by atoms with Gasteiger partial charge >= 0.3 is 0 Å². The van der Waals surface area contributed by atoms with Crippen LogP contribution in [0, 0.1) is 0 Å². The zero-order valence-electron chi connectivity index (χ0n) is 12.6. The number of nitrogens with two attached hydrogens (primary N) is 1. The summed E-state index contributed by atoms with van der Waals surface area (Å²) in [6.45, 7) is 0.883. The lowest BCUT2D eigenvalue weighted by molar-refractivity contribution is 0.940. The minimum absolute atomic E-state index is 0.630. The fourth-order valence-corrected chi connectivity index (χ4v) is 2.99. The van der Waals surface area contributed by atoms with Gasteiger partial charge in [-0.25, -0.2) is 10.8 Å². The van der Waals surface area contributed by atoms with Crippen LogP contribution in [0.4, 0.5) is 17.5 Å². The molecule has 4 rings (SSSR count). The molecule has 2 heterocycles. The number of fused-ring (bicyclic) bond motifs is 1. The Balaban J connectivity index is 1.75. The lowest BCUT2D eigenvalue weighted by Crippen LogP contribution is -2.18. The molecule has 0 saturated carbocycles. The van der Waals surface area contributed by atoms with Crippen molar-refractivity contribution in [1.29, 1.82) is 0 Å². The van der Waals surface area contributed by atoms with Crippen molar-refractivity contribution in [2.24, 2.45) is 5.84 Å². The predicted molar refractivity (Wildman–Crippen MR) is 92.4 cm³/mol. The van der Waals surface area contributed by atoms with Gasteiger partial charge in [-0.2, -0.15) is 4.98 Å². The van der Waals surface area contributed by atoms with Crippen LogP contribution < -0.4 is 16.2 Å². The molecular weight excluding hydrogens is 286 g/mol. The molecule has 2 aromatic carbocycles. The van der Waals surface area contributed by atoms with Crippen LogP contribution in [0.15, 0.2) is 60.8 Å². The third kappa shape index (κ3) is 2.41. The number of hydrazine groups is 1. The summed E-state index contributed by atoms with van der Waals surface area (Å²) in [5.41, 5.74) is 7.13. The molecule has 0 amide bonds. The summed E-state index contributed by atoms with van der Waals surface area (Å²) in [6, 6.07) is 18.3. The minimum Gasteiger partial charge on any atom is -0.310 e. The molecule has 0 radical (unpaired) electrons. The summed E-state index contributed by atoms with van der Waals surface area (Å²) in [6.07, 6.45) is 2.83. The summed E-state index contributed by atoms with van der Waals surface area (Å²) >= 11 is 0. The van der Waals surface area contributed by atoms with Gasteiger partial charge in [0.25, 0.3) is 0 Å². The molecule has 5 heteroatoms. The summed E-state index contributed by atoms with van der Waals surface area (Å²) in [5.74, 6) is 6.99. The van der Waals surface area contributed by atoms with Crippen molar-refractivity contribution >= 4 is 17.5 Å². The molecule has 1 aromatic heterocycles. The number of anilines is 3. The van der Waals surface area contributed by atoms with Crippen LogP contribution in [-0.4, -0.2) is 16.5 Å². The van der Waals surface area contributed by atoms with Gasteiger partial charge in [0.1, 0.15) is 0 Å². The van der Waals surface area contributed by atoms with E-state index >= 15 is 0 Å². The zero-order chi connectivity index (χ0) is 15.6. The van der Waals surface area contributed by atoms with Crippen molar-refractivity contribution in [2.75, 3.05) is 16.9 Å². The second-order valence-corrected chi connectivity index (χ2v) is 5.47. The Kier molecular flexibility index (Phi) is 3.40. The van der Waals surface area contributed by atoms with Crippen LogP contribution in [0.2, 0.25) is 0 Å². The number of nitrogens with zero attached hydrogens (tertiary/aromatic N) is 3. The van der Waals surface area contributed by atoms with E-state index in [9.17, 15) is 0 Å². The number of nitrogens with one attached hydrogen (secondary N) is 1. The molecule has 0 atom stereocenters. The van der Waals surface area contributed by atoms with Crippen molar-refractivity contribution in [1.82, 2.24) is 9.97 Å². The van der Waals surface area contributed by atoms with Crippen molar-refractivity contribution < 1.29 is 0 Å². The van der Waals surface area contributed by atoms with Crippen LogP contribution in [0.1, 0.15) is 5.56 Å². The van der Waals surface area contributed by atoms with Gasteiger partial charge in [0.15, 0.2) is 5.82 Å². The second-order valence-electron chi connectivity index (χ2n) is 5.47. The number of rotatable bonds is 3. The third-order valence-electron chi connectivity index (χ3n) is 4.13. The van der Waals surface area contributed by atoms with E-state index in [0.717, 1.165) is 24.1 Å². The Bertz CT molecular complexity index is 832. The molecule has 1 aliphatic rings. The maximum atomic E-state index is 5.69. The first-order valence-corrected chi connectivity index (χ1v) is 7.61. The topological polar surface area (TPSA) is 67.1 Å². The normalized spacial score (nSPS) is 13.0. The van der Waals surface area contributed by atoms with E-state index in [0.29, 0.717) is 11.8 Å². The Morgan fingerprint density at radius 1 is 1.00 bits per heavy atom. The molecule has 23 heavy (non-hydrogen) atoms. The summed E-state index contributed by atoms with van der Waals surface area (Å²) < 4.78 is 0. The molecule has 5 nitrogen and oxygen atoms in total. The van der Waals surface area contributed by atoms with E-state index in [1.54, 1.807) is 0 Å². The average Bonchev–Trinajstić information content (AvgIpc) is 3.06. The molecule has 0 fully saturated rings. The van der Waals surface area contributed by atoms with Crippen molar-refractivity contribution in [3.63, 3.8) is 0 Å². The van der Waals surface area contributed by atoms with Crippen LogP contribution in [0.3, 0.4) is 0 Å². The van der Waals surface area contributed by atoms with Gasteiger partial charge in [-0.1, -0.05) is 48.5 Å². The second kappa shape index (κ2) is 5.70. The lowest BCUT2D eigenvalue weighted by Gasteiger charge is -2.18. The number of hydrogen-bond acceptors (Lipinski definition) is 5. The lowest BCUT2D eigenvalue weighted by atomic mass is 10.1. The van der Waals surface area contributed by atoms with Gasteiger partial charge in [-0.3, -0.25) is 0 Å². The van der Waals surface area contributed by atoms with Gasteiger partial charge in [-0.15, -0.1) is 0 Å². The molecule has 3 N–H and O–H groups in total. The fourth-order valence-electron chi connectivity index (χ4n) is 2.99. The first-order valence-electron chi connectivity index (χ1n) is 7.61. The molecule has 0 unspecified atom stereocenters. The zero-order valence-corrected chi connectivity index (χ0v) is 12.6. The largest absolute Gasteiger partial charge is 0.310 e. The molecule has 0 saturated heterocycles. The molecule has 0 bridgehead atoms. The highest BCUT2D eigenvalue weighted by atomic mass is 15.3. The predicted octanol–water partition coefficient (Wildman–Crippen LogP) is 3.12. The third-order valence-corrected chi connectivity index (χ3v) is 4.13. The first-order chi connectivity index (χ1) is 11.4. The van der Waals surface area contributed by atoms with Crippen LogP contribution in [0.5, 0.6) is 0 Å². The summed E-state index contributed by atoms with van der Waals surface area (Å²) in [7, 11) is 0. The monoisotopic (exact) mass is 303 g/mol. The Hall–Kier alpha value is -2.92. The number of aromatic nitrogens is 2. The van der Waals surface area contributed by atoms with Gasteiger partial charge in [0.05, 0.1) is 0 Å². The molecule has 0 aliphatic carbocycles. The highest BCUT2D eigenvalue weighted by Gasteiger charge is 2.22. The van der Waals surface area contributed by atoms with E-state index in [1.165, 1.54) is 11.3 Å². The van der Waals surface area contributed by atoms with E-state index in [-0.39, 0.29) is 0 Å². The molecular formula is C18H17N5. The Morgan fingerprint density at radius 2 is 1.78 bits per heavy atom. The summed E-state index contributed by atoms with van der Waals surface area (Å²) in [5, 5.41) is 0. The highest BCUT2D eigenvalue weighted by molar-refractivity contribution is 5.76. The minimum atomic E-state index is 0.630. The number of nitrogen functional groups attached to an aromatic ring is 1. The van der Waals surface area contributed by atoms with Crippen molar-refractivity contribution in [3.05, 3.63) is 66.4 Å². The van der Waals surface area contributed by atoms with Crippen molar-refractivity contribution in [3.8, 4) is 11.1 Å². The molecule has 3 aromatic rings. The quantitative estimate of drug-likeness (QED) is 0.575. The molecule has 114 valence electrons. The SMILES string of the molecule is NNc1nc(N2CCc3ccccc32)ncc1-c1ccccc1. The van der Waals surface area contributed by atoms with Crippen molar-refractivity contribution in [2.45, 2.75) is 6.42 Å². The Labute approximate surface area is 134 Å². The van der Waals surface area contributed by atoms with E-state index in [2.05, 4.69) is 38.5 Å². The smallest absolute Gasteiger partial charge is 0.231 e. The standard InChI is InChI=1S/C18H17N5/c19-22-17-15(13-6-2-1-3-7-13)12-20-18(21-17)23-11-10-14-8-4-5-9-16(14)23/h1-9,12H,10-11,19H2,(H,20,21,22). The first kappa shape index (κ1) is 13.7. The maximum absolute atomic E-state index is 5.69. The van der Waals surface area contributed by atoms with E-state index < -0.39 is 0 Å². The number of benzene rings is 2. The maximum Gasteiger partial charge on any atom is 0.231 e. The van der Waals surface area contributed by atoms with Gasteiger partial charge < -0.3 is 10.3 Å². The van der Waals surface area contributed by atoms with Crippen LogP contribution in [-0.2, 0) is 6.42 Å². The number of hydrogen-bond donors (Lipinski definition) is 2. The van der Waals surface area contributed by atoms with Crippen LogP contribution >= 0.6 is 0 Å². The average molecular weight is 303 g/mol. The fraction of sp³-hybridized carbons (Fsp3) is 0.111. The molecule has 0 spiro atoms. The summed E-state index contributed by atoms with van der Waals surface area (Å²) in [4.78, 5) is 11.3. The Morgan fingerprint density at radius 3 is 2.61 bits per heavy atom.